The van der Waals surface area contributed by atoms with Crippen molar-refractivity contribution in [2.75, 3.05) is 19.6 Å². The number of β-amino-alcohol motifs (C(OH)–C–C–N with tert-alkyl or cyclic N) is 1. The Hall–Kier alpha value is -0.920. The van der Waals surface area contributed by atoms with Gasteiger partial charge in [0, 0.05) is 38.2 Å². The standard InChI is InChI=1S/C12H16ClN3O3.ClH/c13-10-3-8(1-2-11(10)16(18)19)4-14-5-9-6-15-7-12(9)17;/h1-3,9,12,14-15,17H,4-7H2;1H. The first-order valence-corrected chi connectivity index (χ1v) is 6.48. The van der Waals surface area contributed by atoms with Crippen LogP contribution < -0.4 is 10.6 Å². The second-order valence-corrected chi connectivity index (χ2v) is 5.07. The maximum atomic E-state index is 10.6. The lowest BCUT2D eigenvalue weighted by Gasteiger charge is -2.14. The quantitative estimate of drug-likeness (QED) is 0.562. The second kappa shape index (κ2) is 7.75. The maximum Gasteiger partial charge on any atom is 0.287 e. The first kappa shape index (κ1) is 17.1. The molecule has 112 valence electrons. The van der Waals surface area contributed by atoms with Crippen molar-refractivity contribution < 1.29 is 10.0 Å². The van der Waals surface area contributed by atoms with Crippen LogP contribution >= 0.6 is 24.0 Å². The van der Waals surface area contributed by atoms with Gasteiger partial charge >= 0.3 is 0 Å². The highest BCUT2D eigenvalue weighted by Gasteiger charge is 2.24. The molecule has 6 nitrogen and oxygen atoms in total. The molecule has 0 radical (unpaired) electrons. The highest BCUT2D eigenvalue weighted by molar-refractivity contribution is 6.32. The third kappa shape index (κ3) is 4.29. The average Bonchev–Trinajstić information content (AvgIpc) is 2.75. The number of nitrogens with zero attached hydrogens (tertiary/aromatic N) is 1. The predicted octanol–water partition coefficient (Wildman–Crippen LogP) is 1.34. The van der Waals surface area contributed by atoms with Crippen LogP contribution in [0.5, 0.6) is 0 Å². The van der Waals surface area contributed by atoms with Gasteiger partial charge in [0.2, 0.25) is 0 Å². The first-order valence-electron chi connectivity index (χ1n) is 6.10. The van der Waals surface area contributed by atoms with Crippen molar-refractivity contribution >= 4 is 29.7 Å². The van der Waals surface area contributed by atoms with E-state index in [1.807, 2.05) is 0 Å². The average molecular weight is 322 g/mol. The van der Waals surface area contributed by atoms with Crippen LogP contribution in [0.2, 0.25) is 5.02 Å². The van der Waals surface area contributed by atoms with Gasteiger partial charge in [0.1, 0.15) is 5.02 Å². The molecule has 20 heavy (non-hydrogen) atoms. The summed E-state index contributed by atoms with van der Waals surface area (Å²) < 4.78 is 0. The Morgan fingerprint density at radius 2 is 2.25 bits per heavy atom. The van der Waals surface area contributed by atoms with Gasteiger partial charge < -0.3 is 15.7 Å². The van der Waals surface area contributed by atoms with Crippen LogP contribution in [-0.4, -0.2) is 35.8 Å². The highest BCUT2D eigenvalue weighted by atomic mass is 35.5. The molecule has 0 amide bonds. The van der Waals surface area contributed by atoms with E-state index in [1.165, 1.54) is 6.07 Å². The van der Waals surface area contributed by atoms with Crippen LogP contribution in [0.3, 0.4) is 0 Å². The molecule has 0 aliphatic carbocycles. The molecule has 0 saturated carbocycles. The molecule has 1 aromatic carbocycles. The molecule has 1 heterocycles. The minimum absolute atomic E-state index is 0. The van der Waals surface area contributed by atoms with Crippen LogP contribution in [0.4, 0.5) is 5.69 Å². The molecule has 2 atom stereocenters. The van der Waals surface area contributed by atoms with Crippen LogP contribution in [-0.2, 0) is 6.54 Å². The fourth-order valence-electron chi connectivity index (χ4n) is 2.14. The van der Waals surface area contributed by atoms with Crippen LogP contribution in [0, 0.1) is 16.0 Å². The number of aliphatic hydroxyl groups excluding tert-OH is 1. The van der Waals surface area contributed by atoms with Gasteiger partial charge in [0.05, 0.1) is 11.0 Å². The van der Waals surface area contributed by atoms with Gasteiger partial charge in [-0.3, -0.25) is 10.1 Å². The zero-order chi connectivity index (χ0) is 13.8. The van der Waals surface area contributed by atoms with Crippen LogP contribution in [0.25, 0.3) is 0 Å². The summed E-state index contributed by atoms with van der Waals surface area (Å²) in [6.45, 7) is 2.70. The van der Waals surface area contributed by atoms with Crippen molar-refractivity contribution in [2.24, 2.45) is 5.92 Å². The van der Waals surface area contributed by atoms with Crippen molar-refractivity contribution in [1.29, 1.82) is 0 Å². The van der Waals surface area contributed by atoms with Gasteiger partial charge in [-0.15, -0.1) is 12.4 Å². The van der Waals surface area contributed by atoms with Crippen molar-refractivity contribution in [3.63, 3.8) is 0 Å². The van der Waals surface area contributed by atoms with E-state index in [0.717, 1.165) is 12.1 Å². The number of nitro benzene ring substituents is 1. The fourth-order valence-corrected chi connectivity index (χ4v) is 2.41. The number of hydrogen-bond acceptors (Lipinski definition) is 5. The number of benzene rings is 1. The van der Waals surface area contributed by atoms with Gasteiger partial charge in [-0.1, -0.05) is 17.7 Å². The monoisotopic (exact) mass is 321 g/mol. The summed E-state index contributed by atoms with van der Waals surface area (Å²) in [5, 5.41) is 26.7. The van der Waals surface area contributed by atoms with Crippen molar-refractivity contribution in [2.45, 2.75) is 12.6 Å². The van der Waals surface area contributed by atoms with Crippen molar-refractivity contribution in [1.82, 2.24) is 10.6 Å². The lowest BCUT2D eigenvalue weighted by molar-refractivity contribution is -0.384. The zero-order valence-corrected chi connectivity index (χ0v) is 12.3. The summed E-state index contributed by atoms with van der Waals surface area (Å²) in [7, 11) is 0. The van der Waals surface area contributed by atoms with E-state index < -0.39 is 4.92 Å². The van der Waals surface area contributed by atoms with E-state index in [9.17, 15) is 15.2 Å². The molecule has 0 aromatic heterocycles. The summed E-state index contributed by atoms with van der Waals surface area (Å²) in [6.07, 6.45) is -0.312. The predicted molar refractivity (Wildman–Crippen MR) is 79.4 cm³/mol. The minimum Gasteiger partial charge on any atom is -0.391 e. The Morgan fingerprint density at radius 3 is 2.80 bits per heavy atom. The number of hydrogen-bond donors (Lipinski definition) is 3. The van der Waals surface area contributed by atoms with E-state index >= 15 is 0 Å². The van der Waals surface area contributed by atoms with Crippen molar-refractivity contribution in [3.8, 4) is 0 Å². The first-order chi connectivity index (χ1) is 9.08. The second-order valence-electron chi connectivity index (χ2n) is 4.66. The summed E-state index contributed by atoms with van der Waals surface area (Å²) >= 11 is 5.83. The molecular formula is C12H17Cl2N3O3. The summed E-state index contributed by atoms with van der Waals surface area (Å²) in [5.41, 5.74) is 0.803. The smallest absolute Gasteiger partial charge is 0.287 e. The van der Waals surface area contributed by atoms with Gasteiger partial charge in [-0.2, -0.15) is 0 Å². The summed E-state index contributed by atoms with van der Waals surface area (Å²) in [6, 6.07) is 4.68. The molecule has 2 rings (SSSR count). The number of nitro groups is 1. The Kier molecular flexibility index (Phi) is 6.64. The van der Waals surface area contributed by atoms with Crippen molar-refractivity contribution in [3.05, 3.63) is 38.9 Å². The Balaban J connectivity index is 0.00000200. The third-order valence-corrected chi connectivity index (χ3v) is 3.55. The summed E-state index contributed by atoms with van der Waals surface area (Å²) in [4.78, 5) is 10.1. The van der Waals surface area contributed by atoms with Gasteiger partial charge in [0.15, 0.2) is 0 Å². The highest BCUT2D eigenvalue weighted by Crippen LogP contribution is 2.24. The molecule has 1 aliphatic heterocycles. The Morgan fingerprint density at radius 1 is 1.50 bits per heavy atom. The molecule has 1 fully saturated rings. The largest absolute Gasteiger partial charge is 0.391 e. The lowest BCUT2D eigenvalue weighted by atomic mass is 10.1. The number of aliphatic hydroxyl groups is 1. The Bertz CT molecular complexity index is 473. The lowest BCUT2D eigenvalue weighted by Crippen LogP contribution is -2.30. The molecule has 0 spiro atoms. The topological polar surface area (TPSA) is 87.4 Å². The van der Waals surface area contributed by atoms with E-state index in [0.29, 0.717) is 19.6 Å². The third-order valence-electron chi connectivity index (χ3n) is 3.25. The molecule has 8 heteroatoms. The molecule has 1 saturated heterocycles. The molecule has 3 N–H and O–H groups in total. The number of rotatable bonds is 5. The van der Waals surface area contributed by atoms with Gasteiger partial charge in [-0.05, 0) is 11.6 Å². The van der Waals surface area contributed by atoms with Crippen LogP contribution in [0.15, 0.2) is 18.2 Å². The zero-order valence-electron chi connectivity index (χ0n) is 10.7. The number of nitrogens with one attached hydrogen (secondary N) is 2. The van der Waals surface area contributed by atoms with E-state index in [2.05, 4.69) is 10.6 Å². The molecular weight excluding hydrogens is 305 g/mol. The van der Waals surface area contributed by atoms with E-state index in [1.54, 1.807) is 12.1 Å². The Labute approximate surface area is 128 Å². The van der Waals surface area contributed by atoms with Crippen LogP contribution in [0.1, 0.15) is 5.56 Å². The fraction of sp³-hybridized carbons (Fsp3) is 0.500. The number of halogens is 2. The maximum absolute atomic E-state index is 10.6. The molecule has 0 bridgehead atoms. The van der Waals surface area contributed by atoms with Gasteiger partial charge in [-0.25, -0.2) is 0 Å². The molecule has 2 unspecified atom stereocenters. The normalized spacial score (nSPS) is 21.5. The van der Waals surface area contributed by atoms with Gasteiger partial charge in [0.25, 0.3) is 5.69 Å². The minimum atomic E-state index is -0.500. The summed E-state index contributed by atoms with van der Waals surface area (Å²) in [5.74, 6) is 0.202. The molecule has 1 aromatic rings. The molecule has 1 aliphatic rings. The SMILES string of the molecule is Cl.O=[N+]([O-])c1ccc(CNCC2CNCC2O)cc1Cl. The van der Waals surface area contributed by atoms with E-state index in [4.69, 9.17) is 11.6 Å². The van der Waals surface area contributed by atoms with E-state index in [-0.39, 0.29) is 35.1 Å².